The summed E-state index contributed by atoms with van der Waals surface area (Å²) >= 11 is 0. The Kier molecular flexibility index (Phi) is 5.20. The molecular weight excluding hydrogens is 160 g/mol. The summed E-state index contributed by atoms with van der Waals surface area (Å²) in [5.41, 5.74) is -0.157. The molecule has 0 aromatic rings. The minimum absolute atomic E-state index is 0.157. The van der Waals surface area contributed by atoms with E-state index in [1.807, 2.05) is 39.0 Å². The lowest BCUT2D eigenvalue weighted by Crippen LogP contribution is -2.17. The summed E-state index contributed by atoms with van der Waals surface area (Å²) < 4.78 is 5.50. The van der Waals surface area contributed by atoms with Gasteiger partial charge in [0.25, 0.3) is 0 Å². The number of hydrogen-bond acceptors (Lipinski definition) is 1. The second-order valence-corrected chi connectivity index (χ2v) is 3.88. The zero-order valence-corrected chi connectivity index (χ0v) is 9.13. The molecule has 0 aromatic carbocycles. The van der Waals surface area contributed by atoms with E-state index in [0.29, 0.717) is 5.76 Å². The first-order valence-corrected chi connectivity index (χ1v) is 4.67. The van der Waals surface area contributed by atoms with Crippen molar-refractivity contribution in [1.82, 2.24) is 0 Å². The SMILES string of the molecule is C=C(C=CC=CCC)OC(C)(C)C. The summed E-state index contributed by atoms with van der Waals surface area (Å²) in [7, 11) is 0. The fraction of sp³-hybridized carbons (Fsp3) is 0.500. The van der Waals surface area contributed by atoms with Gasteiger partial charge in [0, 0.05) is 0 Å². The third-order valence-corrected chi connectivity index (χ3v) is 1.20. The van der Waals surface area contributed by atoms with Gasteiger partial charge >= 0.3 is 0 Å². The maximum absolute atomic E-state index is 5.50. The third-order valence-electron chi connectivity index (χ3n) is 1.20. The van der Waals surface area contributed by atoms with Gasteiger partial charge in [-0.2, -0.15) is 0 Å². The molecule has 74 valence electrons. The highest BCUT2D eigenvalue weighted by atomic mass is 16.5. The van der Waals surface area contributed by atoms with Gasteiger partial charge in [0.05, 0.1) is 0 Å². The Morgan fingerprint density at radius 2 is 1.92 bits per heavy atom. The van der Waals surface area contributed by atoms with E-state index in [9.17, 15) is 0 Å². The van der Waals surface area contributed by atoms with Crippen molar-refractivity contribution in [3.05, 3.63) is 36.6 Å². The molecule has 0 atom stereocenters. The van der Waals surface area contributed by atoms with Gasteiger partial charge in [-0.15, -0.1) is 0 Å². The van der Waals surface area contributed by atoms with Crippen molar-refractivity contribution in [2.45, 2.75) is 39.7 Å². The average Bonchev–Trinajstić information content (AvgIpc) is 1.94. The van der Waals surface area contributed by atoms with E-state index < -0.39 is 0 Å². The van der Waals surface area contributed by atoms with Crippen molar-refractivity contribution in [3.63, 3.8) is 0 Å². The molecule has 0 rings (SSSR count). The van der Waals surface area contributed by atoms with Gasteiger partial charge < -0.3 is 4.74 Å². The maximum atomic E-state index is 5.50. The van der Waals surface area contributed by atoms with Crippen LogP contribution in [0.2, 0.25) is 0 Å². The Bertz CT molecular complexity index is 204. The molecule has 13 heavy (non-hydrogen) atoms. The Morgan fingerprint density at radius 3 is 2.38 bits per heavy atom. The lowest BCUT2D eigenvalue weighted by atomic mass is 10.2. The molecule has 0 aliphatic carbocycles. The highest BCUT2D eigenvalue weighted by Crippen LogP contribution is 2.12. The van der Waals surface area contributed by atoms with E-state index in [-0.39, 0.29) is 5.60 Å². The smallest absolute Gasteiger partial charge is 0.112 e. The number of allylic oxidation sites excluding steroid dienone is 4. The fourth-order valence-electron chi connectivity index (χ4n) is 0.805. The van der Waals surface area contributed by atoms with E-state index in [1.54, 1.807) is 0 Å². The summed E-state index contributed by atoms with van der Waals surface area (Å²) in [6.45, 7) is 11.9. The molecule has 0 radical (unpaired) electrons. The molecule has 0 saturated heterocycles. The van der Waals surface area contributed by atoms with Crippen LogP contribution in [0.1, 0.15) is 34.1 Å². The third kappa shape index (κ3) is 8.93. The lowest BCUT2D eigenvalue weighted by molar-refractivity contribution is 0.0609. The number of ether oxygens (including phenoxy) is 1. The predicted molar refractivity (Wildman–Crippen MR) is 58.5 cm³/mol. The molecule has 0 heterocycles. The zero-order chi connectivity index (χ0) is 10.3. The standard InChI is InChI=1S/C12H20O/c1-6-7-8-9-10-11(2)13-12(3,4)5/h7-10H,2,6H2,1,3-5H3. The van der Waals surface area contributed by atoms with E-state index >= 15 is 0 Å². The molecule has 0 aromatic heterocycles. The van der Waals surface area contributed by atoms with Crippen LogP contribution in [0.5, 0.6) is 0 Å². The van der Waals surface area contributed by atoms with Crippen LogP contribution in [-0.4, -0.2) is 5.60 Å². The Hall–Kier alpha value is -0.980. The van der Waals surface area contributed by atoms with Gasteiger partial charge in [-0.25, -0.2) is 0 Å². The van der Waals surface area contributed by atoms with Gasteiger partial charge in [-0.3, -0.25) is 0 Å². The van der Waals surface area contributed by atoms with Crippen molar-refractivity contribution >= 4 is 0 Å². The summed E-state index contributed by atoms with van der Waals surface area (Å²) in [6.07, 6.45) is 8.95. The van der Waals surface area contributed by atoms with Crippen molar-refractivity contribution in [2.24, 2.45) is 0 Å². The fourth-order valence-corrected chi connectivity index (χ4v) is 0.805. The second-order valence-electron chi connectivity index (χ2n) is 3.88. The minimum Gasteiger partial charge on any atom is -0.489 e. The molecule has 0 amide bonds. The van der Waals surface area contributed by atoms with Crippen LogP contribution in [-0.2, 0) is 4.74 Å². The largest absolute Gasteiger partial charge is 0.489 e. The molecule has 0 aliphatic heterocycles. The van der Waals surface area contributed by atoms with Gasteiger partial charge in [-0.1, -0.05) is 31.7 Å². The number of hydrogen-bond donors (Lipinski definition) is 0. The van der Waals surface area contributed by atoms with E-state index in [0.717, 1.165) is 6.42 Å². The van der Waals surface area contributed by atoms with E-state index in [4.69, 9.17) is 4.74 Å². The van der Waals surface area contributed by atoms with Gasteiger partial charge in [0.15, 0.2) is 0 Å². The highest BCUT2D eigenvalue weighted by molar-refractivity contribution is 5.14. The van der Waals surface area contributed by atoms with Crippen LogP contribution in [0.4, 0.5) is 0 Å². The first kappa shape index (κ1) is 12.0. The van der Waals surface area contributed by atoms with Gasteiger partial charge in [0.1, 0.15) is 11.4 Å². The van der Waals surface area contributed by atoms with Crippen LogP contribution in [0.3, 0.4) is 0 Å². The normalized spacial score (nSPS) is 12.6. The topological polar surface area (TPSA) is 9.23 Å². The molecule has 0 aliphatic rings. The molecule has 0 fully saturated rings. The zero-order valence-electron chi connectivity index (χ0n) is 9.13. The quantitative estimate of drug-likeness (QED) is 0.472. The average molecular weight is 180 g/mol. The highest BCUT2D eigenvalue weighted by Gasteiger charge is 2.10. The first-order chi connectivity index (χ1) is 5.95. The van der Waals surface area contributed by atoms with Gasteiger partial charge in [-0.05, 0) is 33.3 Å². The molecule has 0 spiro atoms. The first-order valence-electron chi connectivity index (χ1n) is 4.67. The number of rotatable bonds is 4. The van der Waals surface area contributed by atoms with E-state index in [1.165, 1.54) is 0 Å². The molecule has 0 saturated carbocycles. The summed E-state index contributed by atoms with van der Waals surface area (Å²) in [6, 6.07) is 0. The Balaban J connectivity index is 3.88. The van der Waals surface area contributed by atoms with Crippen molar-refractivity contribution in [1.29, 1.82) is 0 Å². The second kappa shape index (κ2) is 5.63. The minimum atomic E-state index is -0.157. The summed E-state index contributed by atoms with van der Waals surface area (Å²) in [5, 5.41) is 0. The van der Waals surface area contributed by atoms with E-state index in [2.05, 4.69) is 19.6 Å². The maximum Gasteiger partial charge on any atom is 0.112 e. The van der Waals surface area contributed by atoms with Gasteiger partial charge in [0.2, 0.25) is 0 Å². The van der Waals surface area contributed by atoms with Crippen LogP contribution >= 0.6 is 0 Å². The molecule has 1 nitrogen and oxygen atoms in total. The summed E-state index contributed by atoms with van der Waals surface area (Å²) in [5.74, 6) is 0.702. The van der Waals surface area contributed by atoms with Crippen LogP contribution < -0.4 is 0 Å². The molecule has 0 bridgehead atoms. The van der Waals surface area contributed by atoms with Crippen molar-refractivity contribution in [2.75, 3.05) is 0 Å². The molecular formula is C12H20O. The van der Waals surface area contributed by atoms with Crippen LogP contribution in [0.15, 0.2) is 36.6 Å². The predicted octanol–water partition coefficient (Wildman–Crippen LogP) is 3.84. The molecule has 0 unspecified atom stereocenters. The Labute approximate surface area is 81.8 Å². The van der Waals surface area contributed by atoms with Crippen molar-refractivity contribution < 1.29 is 4.74 Å². The molecule has 1 heteroatoms. The van der Waals surface area contributed by atoms with Crippen molar-refractivity contribution in [3.8, 4) is 0 Å². The van der Waals surface area contributed by atoms with Crippen LogP contribution in [0.25, 0.3) is 0 Å². The summed E-state index contributed by atoms with van der Waals surface area (Å²) in [4.78, 5) is 0. The monoisotopic (exact) mass is 180 g/mol. The lowest BCUT2D eigenvalue weighted by Gasteiger charge is -2.20. The van der Waals surface area contributed by atoms with Crippen LogP contribution in [0, 0.1) is 0 Å². The molecule has 0 N–H and O–H groups in total. The Morgan fingerprint density at radius 1 is 1.31 bits per heavy atom.